The topological polar surface area (TPSA) is 108 Å². The average molecular weight is 567 g/mol. The minimum absolute atomic E-state index is 0.0351. The summed E-state index contributed by atoms with van der Waals surface area (Å²) in [6.07, 6.45) is 14.7. The molecule has 0 aromatic rings. The first-order chi connectivity index (χ1) is 18.0. The number of nitrogens with zero attached hydrogens (tertiary/aromatic N) is 1. The van der Waals surface area contributed by atoms with Gasteiger partial charge in [-0.25, -0.2) is 4.57 Å². The predicted octanol–water partition coefficient (Wildman–Crippen LogP) is 6.56. The Morgan fingerprint density at radius 1 is 0.711 bits per heavy atom. The molecule has 0 aliphatic carbocycles. The summed E-state index contributed by atoms with van der Waals surface area (Å²) in [5.41, 5.74) is 0. The summed E-state index contributed by atoms with van der Waals surface area (Å²) >= 11 is 0. The van der Waals surface area contributed by atoms with Crippen LogP contribution in [-0.2, 0) is 32.7 Å². The van der Waals surface area contributed by atoms with Crippen LogP contribution in [0.3, 0.4) is 0 Å². The fourth-order valence-corrected chi connectivity index (χ4v) is 4.46. The van der Waals surface area contributed by atoms with Crippen molar-refractivity contribution in [2.45, 2.75) is 123 Å². The molecule has 10 heteroatoms. The molecule has 9 nitrogen and oxygen atoms in total. The number of likely N-dealkylation sites (N-methyl/N-ethyl adjacent to an activating group) is 1. The fraction of sp³-hybridized carbons (Fsp3) is 0.929. The molecule has 0 aromatic carbocycles. The minimum atomic E-state index is -4.34. The molecule has 0 fully saturated rings. The van der Waals surface area contributed by atoms with Crippen LogP contribution < -0.4 is 0 Å². The summed E-state index contributed by atoms with van der Waals surface area (Å²) in [4.78, 5) is 34.6. The van der Waals surface area contributed by atoms with E-state index >= 15 is 0 Å². The van der Waals surface area contributed by atoms with Crippen molar-refractivity contribution < 1.29 is 42.1 Å². The number of hydrogen-bond acceptors (Lipinski definition) is 7. The maximum Gasteiger partial charge on any atom is 0.472 e. The third-order valence-corrected chi connectivity index (χ3v) is 7.12. The standard InChI is InChI=1S/C28H56NO8P/c1-6-8-10-12-14-16-18-20-27(30)34-24-26(25-36-38(32,33)35-23-22-29(3,4)5)37-28(31)21-19-17-15-13-11-9-7-2/h26H,6-25H2,1-5H3/p+1/t26-/m0/s1. The summed E-state index contributed by atoms with van der Waals surface area (Å²) in [5.74, 6) is -0.813. The van der Waals surface area contributed by atoms with Gasteiger partial charge in [-0.2, -0.15) is 0 Å². The summed E-state index contributed by atoms with van der Waals surface area (Å²) in [6.45, 7) is 4.28. The lowest BCUT2D eigenvalue weighted by Crippen LogP contribution is -2.37. The monoisotopic (exact) mass is 566 g/mol. The van der Waals surface area contributed by atoms with Crippen molar-refractivity contribution in [3.8, 4) is 0 Å². The third kappa shape index (κ3) is 25.3. The Hall–Kier alpha value is -0.990. The molecular formula is C28H57NO8P+. The smallest absolute Gasteiger partial charge is 0.462 e. The molecule has 0 amide bonds. The second-order valence-corrected chi connectivity index (χ2v) is 12.6. The van der Waals surface area contributed by atoms with Crippen LogP contribution in [0.1, 0.15) is 117 Å². The van der Waals surface area contributed by atoms with Gasteiger partial charge in [-0.15, -0.1) is 0 Å². The van der Waals surface area contributed by atoms with E-state index in [1.54, 1.807) is 0 Å². The Bertz CT molecular complexity index is 653. The number of unbranched alkanes of at least 4 members (excludes halogenated alkanes) is 12. The van der Waals surface area contributed by atoms with Crippen LogP contribution in [-0.4, -0.2) is 74.9 Å². The van der Waals surface area contributed by atoms with Crippen molar-refractivity contribution >= 4 is 19.8 Å². The SMILES string of the molecule is CCCCCCCCCC(=O)OC[C@@H](COP(=O)(O)OCC[N+](C)(C)C)OC(=O)CCCCCCCCC. The highest BCUT2D eigenvalue weighted by atomic mass is 31.2. The van der Waals surface area contributed by atoms with Crippen LogP contribution in [0.15, 0.2) is 0 Å². The summed E-state index contributed by atoms with van der Waals surface area (Å²) < 4.78 is 33.7. The summed E-state index contributed by atoms with van der Waals surface area (Å²) in [7, 11) is 1.48. The molecule has 226 valence electrons. The Kier molecular flexibility index (Phi) is 22.2. The van der Waals surface area contributed by atoms with Gasteiger partial charge < -0.3 is 18.9 Å². The maximum absolute atomic E-state index is 12.4. The van der Waals surface area contributed by atoms with E-state index in [0.717, 1.165) is 38.5 Å². The van der Waals surface area contributed by atoms with Gasteiger partial charge in [0.25, 0.3) is 0 Å². The van der Waals surface area contributed by atoms with Crippen molar-refractivity contribution in [2.75, 3.05) is 47.5 Å². The van der Waals surface area contributed by atoms with E-state index in [1.807, 2.05) is 21.1 Å². The van der Waals surface area contributed by atoms with Crippen molar-refractivity contribution in [3.63, 3.8) is 0 Å². The van der Waals surface area contributed by atoms with Gasteiger partial charge in [0, 0.05) is 12.8 Å². The molecular weight excluding hydrogens is 509 g/mol. The van der Waals surface area contributed by atoms with Crippen molar-refractivity contribution in [1.82, 2.24) is 0 Å². The average Bonchev–Trinajstić information content (AvgIpc) is 2.83. The summed E-state index contributed by atoms with van der Waals surface area (Å²) in [5, 5.41) is 0. The van der Waals surface area contributed by atoms with Crippen LogP contribution in [0.5, 0.6) is 0 Å². The predicted molar refractivity (Wildman–Crippen MR) is 151 cm³/mol. The second-order valence-electron chi connectivity index (χ2n) is 11.1. The number of carbonyl (C=O) groups is 2. The lowest BCUT2D eigenvalue weighted by atomic mass is 10.1. The second kappa shape index (κ2) is 22.8. The van der Waals surface area contributed by atoms with Crippen LogP contribution in [0.4, 0.5) is 0 Å². The minimum Gasteiger partial charge on any atom is -0.462 e. The van der Waals surface area contributed by atoms with E-state index in [2.05, 4.69) is 13.8 Å². The molecule has 0 aliphatic rings. The lowest BCUT2D eigenvalue weighted by molar-refractivity contribution is -0.870. The van der Waals surface area contributed by atoms with E-state index in [4.69, 9.17) is 18.5 Å². The molecule has 0 rings (SSSR count). The molecule has 38 heavy (non-hydrogen) atoms. The first-order valence-electron chi connectivity index (χ1n) is 14.8. The molecule has 1 N–H and O–H groups in total. The first-order valence-corrected chi connectivity index (χ1v) is 16.3. The van der Waals surface area contributed by atoms with E-state index in [0.29, 0.717) is 23.9 Å². The quantitative estimate of drug-likeness (QED) is 0.0543. The van der Waals surface area contributed by atoms with Gasteiger partial charge in [-0.3, -0.25) is 18.6 Å². The van der Waals surface area contributed by atoms with Gasteiger partial charge in [-0.05, 0) is 12.8 Å². The van der Waals surface area contributed by atoms with Gasteiger partial charge in [-0.1, -0.05) is 90.9 Å². The van der Waals surface area contributed by atoms with E-state index < -0.39 is 26.5 Å². The van der Waals surface area contributed by atoms with Gasteiger partial charge in [0.2, 0.25) is 0 Å². The number of hydrogen-bond donors (Lipinski definition) is 1. The zero-order valence-corrected chi connectivity index (χ0v) is 25.8. The zero-order chi connectivity index (χ0) is 28.7. The van der Waals surface area contributed by atoms with Crippen LogP contribution in [0.25, 0.3) is 0 Å². The van der Waals surface area contributed by atoms with Crippen molar-refractivity contribution in [3.05, 3.63) is 0 Å². The van der Waals surface area contributed by atoms with E-state index in [9.17, 15) is 19.0 Å². The number of quaternary nitrogens is 1. The first kappa shape index (κ1) is 37.0. The largest absolute Gasteiger partial charge is 0.472 e. The van der Waals surface area contributed by atoms with E-state index in [-0.39, 0.29) is 25.6 Å². The Morgan fingerprint density at radius 3 is 1.68 bits per heavy atom. The number of ether oxygens (including phenoxy) is 2. The number of phosphoric ester groups is 1. The highest BCUT2D eigenvalue weighted by Gasteiger charge is 2.27. The number of rotatable bonds is 26. The van der Waals surface area contributed by atoms with Crippen LogP contribution in [0.2, 0.25) is 0 Å². The molecule has 0 saturated carbocycles. The van der Waals surface area contributed by atoms with Crippen LogP contribution in [0, 0.1) is 0 Å². The van der Waals surface area contributed by atoms with Crippen molar-refractivity contribution in [2.24, 2.45) is 0 Å². The van der Waals surface area contributed by atoms with Gasteiger partial charge in [0.1, 0.15) is 19.8 Å². The molecule has 0 saturated heterocycles. The molecule has 0 aliphatic heterocycles. The molecule has 1 unspecified atom stereocenters. The van der Waals surface area contributed by atoms with Crippen LogP contribution >= 0.6 is 7.82 Å². The molecule has 0 spiro atoms. The van der Waals surface area contributed by atoms with Gasteiger partial charge in [0.15, 0.2) is 6.10 Å². The zero-order valence-electron chi connectivity index (χ0n) is 24.9. The highest BCUT2D eigenvalue weighted by Crippen LogP contribution is 2.43. The lowest BCUT2D eigenvalue weighted by Gasteiger charge is -2.24. The normalized spacial score (nSPS) is 14.2. The molecule has 0 aromatic heterocycles. The maximum atomic E-state index is 12.4. The Balaban J connectivity index is 4.58. The Labute approximate surface area is 232 Å². The van der Waals surface area contributed by atoms with Crippen molar-refractivity contribution in [1.29, 1.82) is 0 Å². The van der Waals surface area contributed by atoms with E-state index in [1.165, 1.54) is 44.9 Å². The number of esters is 2. The molecule has 0 radical (unpaired) electrons. The molecule has 2 atom stereocenters. The number of phosphoric acid groups is 1. The molecule has 0 bridgehead atoms. The Morgan fingerprint density at radius 2 is 1.18 bits per heavy atom. The molecule has 0 heterocycles. The fourth-order valence-electron chi connectivity index (χ4n) is 3.72. The van der Waals surface area contributed by atoms with Gasteiger partial charge >= 0.3 is 19.8 Å². The van der Waals surface area contributed by atoms with Gasteiger partial charge in [0.05, 0.1) is 27.7 Å². The summed E-state index contributed by atoms with van der Waals surface area (Å²) in [6, 6.07) is 0. The third-order valence-electron chi connectivity index (χ3n) is 6.14. The highest BCUT2D eigenvalue weighted by molar-refractivity contribution is 7.47. The number of carbonyl (C=O) groups excluding carboxylic acids is 2.